The van der Waals surface area contributed by atoms with Crippen LogP contribution in [0.1, 0.15) is 10.4 Å². The maximum Gasteiger partial charge on any atom is 0.288 e. The highest BCUT2D eigenvalue weighted by Crippen LogP contribution is 2.25. The van der Waals surface area contributed by atoms with Gasteiger partial charge in [0.1, 0.15) is 17.2 Å². The first-order valence-electron chi connectivity index (χ1n) is 6.62. The second-order valence-electron chi connectivity index (χ2n) is 4.59. The number of nitrogens with zero attached hydrogens (tertiary/aromatic N) is 5. The van der Waals surface area contributed by atoms with E-state index in [1.165, 1.54) is 29.2 Å². The van der Waals surface area contributed by atoms with Crippen LogP contribution in [0, 0.1) is 10.1 Å². The number of nitro benzene ring substituents is 1. The van der Waals surface area contributed by atoms with Crippen LogP contribution >= 0.6 is 11.6 Å². The topological polar surface area (TPSA) is 116 Å². The van der Waals surface area contributed by atoms with Crippen molar-refractivity contribution in [1.82, 2.24) is 19.7 Å². The minimum Gasteiger partial charge on any atom is -0.306 e. The van der Waals surface area contributed by atoms with Crippen molar-refractivity contribution >= 4 is 29.0 Å². The molecule has 120 valence electrons. The average molecular weight is 345 g/mol. The number of nitrogens with one attached hydrogen (secondary N) is 1. The van der Waals surface area contributed by atoms with Crippen LogP contribution in [0.25, 0.3) is 5.82 Å². The van der Waals surface area contributed by atoms with Gasteiger partial charge in [-0.15, -0.1) is 0 Å². The van der Waals surface area contributed by atoms with Gasteiger partial charge in [0.05, 0.1) is 4.92 Å². The molecule has 9 nitrogen and oxygen atoms in total. The monoisotopic (exact) mass is 344 g/mol. The van der Waals surface area contributed by atoms with Gasteiger partial charge < -0.3 is 5.32 Å². The second-order valence-corrected chi connectivity index (χ2v) is 5.00. The lowest BCUT2D eigenvalue weighted by Gasteiger charge is -2.06. The van der Waals surface area contributed by atoms with E-state index in [0.29, 0.717) is 5.82 Å². The van der Waals surface area contributed by atoms with Gasteiger partial charge >= 0.3 is 0 Å². The summed E-state index contributed by atoms with van der Waals surface area (Å²) in [7, 11) is 0. The van der Waals surface area contributed by atoms with Crippen LogP contribution < -0.4 is 5.32 Å². The highest BCUT2D eigenvalue weighted by molar-refractivity contribution is 6.32. The number of amides is 1. The molecule has 0 atom stereocenters. The summed E-state index contributed by atoms with van der Waals surface area (Å²) in [4.78, 5) is 30.5. The first kappa shape index (κ1) is 15.6. The van der Waals surface area contributed by atoms with E-state index >= 15 is 0 Å². The molecule has 3 aromatic rings. The fourth-order valence-corrected chi connectivity index (χ4v) is 2.11. The van der Waals surface area contributed by atoms with E-state index in [0.717, 1.165) is 6.07 Å². The van der Waals surface area contributed by atoms with Crippen LogP contribution in [0.15, 0.2) is 49.1 Å². The summed E-state index contributed by atoms with van der Waals surface area (Å²) in [6, 6.07) is 7.04. The lowest BCUT2D eigenvalue weighted by molar-refractivity contribution is -0.384. The van der Waals surface area contributed by atoms with Crippen molar-refractivity contribution in [2.45, 2.75) is 0 Å². The second kappa shape index (κ2) is 6.42. The van der Waals surface area contributed by atoms with E-state index in [1.54, 1.807) is 18.5 Å². The standard InChI is InChI=1S/C14H9ClN6O3/c15-10-3-2-9(6-11(10)21(23)24)14(22)19-12-7-13(17-8-16-12)20-5-1-4-18-20/h1-8H,(H,16,17,19,22). The molecular formula is C14H9ClN6O3. The lowest BCUT2D eigenvalue weighted by atomic mass is 10.2. The number of carbonyl (C=O) groups excluding carboxylic acids is 1. The van der Waals surface area contributed by atoms with E-state index in [4.69, 9.17) is 11.6 Å². The Morgan fingerprint density at radius 1 is 1.29 bits per heavy atom. The molecule has 1 N–H and O–H groups in total. The van der Waals surface area contributed by atoms with Crippen molar-refractivity contribution < 1.29 is 9.72 Å². The first-order valence-corrected chi connectivity index (χ1v) is 7.00. The molecule has 24 heavy (non-hydrogen) atoms. The molecule has 0 spiro atoms. The van der Waals surface area contributed by atoms with E-state index < -0.39 is 10.8 Å². The Kier molecular flexibility index (Phi) is 4.17. The Labute approximate surface area is 140 Å². The molecule has 0 saturated heterocycles. The molecule has 2 aromatic heterocycles. The van der Waals surface area contributed by atoms with Gasteiger partial charge in [0.25, 0.3) is 11.6 Å². The summed E-state index contributed by atoms with van der Waals surface area (Å²) in [5.41, 5.74) is -0.255. The highest BCUT2D eigenvalue weighted by Gasteiger charge is 2.16. The maximum atomic E-state index is 12.2. The fraction of sp³-hybridized carbons (Fsp3) is 0. The summed E-state index contributed by atoms with van der Waals surface area (Å²) in [6.07, 6.45) is 4.56. The summed E-state index contributed by atoms with van der Waals surface area (Å²) < 4.78 is 1.50. The molecule has 3 rings (SSSR count). The first-order chi connectivity index (χ1) is 11.5. The lowest BCUT2D eigenvalue weighted by Crippen LogP contribution is -2.14. The van der Waals surface area contributed by atoms with Crippen molar-refractivity contribution in [3.63, 3.8) is 0 Å². The molecule has 0 bridgehead atoms. The zero-order valence-corrected chi connectivity index (χ0v) is 12.7. The molecule has 1 aromatic carbocycles. The van der Waals surface area contributed by atoms with Crippen molar-refractivity contribution in [2.24, 2.45) is 0 Å². The van der Waals surface area contributed by atoms with Gasteiger partial charge in [0.2, 0.25) is 0 Å². The molecule has 10 heteroatoms. The van der Waals surface area contributed by atoms with Gasteiger partial charge in [-0.05, 0) is 18.2 Å². The van der Waals surface area contributed by atoms with Gasteiger partial charge in [-0.3, -0.25) is 14.9 Å². The van der Waals surface area contributed by atoms with Gasteiger partial charge in [-0.25, -0.2) is 14.6 Å². The average Bonchev–Trinajstić information content (AvgIpc) is 3.09. The molecule has 2 heterocycles. The van der Waals surface area contributed by atoms with E-state index in [-0.39, 0.29) is 22.1 Å². The van der Waals surface area contributed by atoms with Crippen LogP contribution in [-0.4, -0.2) is 30.6 Å². The summed E-state index contributed by atoms with van der Waals surface area (Å²) in [5, 5.41) is 17.4. The van der Waals surface area contributed by atoms with E-state index in [2.05, 4.69) is 20.4 Å². The highest BCUT2D eigenvalue weighted by atomic mass is 35.5. The molecule has 0 aliphatic rings. The molecule has 0 radical (unpaired) electrons. The zero-order valence-electron chi connectivity index (χ0n) is 12.0. The zero-order chi connectivity index (χ0) is 17.1. The van der Waals surface area contributed by atoms with Gasteiger partial charge in [0.15, 0.2) is 5.82 Å². The third-order valence-corrected chi connectivity index (χ3v) is 3.36. The number of hydrogen-bond donors (Lipinski definition) is 1. The van der Waals surface area contributed by atoms with Crippen LogP contribution in [0.2, 0.25) is 5.02 Å². The fourth-order valence-electron chi connectivity index (χ4n) is 1.93. The van der Waals surface area contributed by atoms with Gasteiger partial charge in [-0.1, -0.05) is 11.6 Å². The van der Waals surface area contributed by atoms with Crippen LogP contribution in [0.5, 0.6) is 0 Å². The SMILES string of the molecule is O=C(Nc1cc(-n2cccn2)ncn1)c1ccc(Cl)c([N+](=O)[O-])c1. The summed E-state index contributed by atoms with van der Waals surface area (Å²) in [6.45, 7) is 0. The number of hydrogen-bond acceptors (Lipinski definition) is 6. The van der Waals surface area contributed by atoms with Gasteiger partial charge in [-0.2, -0.15) is 5.10 Å². The molecule has 0 aliphatic carbocycles. The number of rotatable bonds is 4. The minimum atomic E-state index is -0.653. The number of benzene rings is 1. The molecule has 0 saturated carbocycles. The summed E-state index contributed by atoms with van der Waals surface area (Å²) >= 11 is 5.73. The smallest absolute Gasteiger partial charge is 0.288 e. The Morgan fingerprint density at radius 3 is 2.83 bits per heavy atom. The number of halogens is 1. The predicted octanol–water partition coefficient (Wildman–Crippen LogP) is 2.48. The molecule has 1 amide bonds. The van der Waals surface area contributed by atoms with Crippen molar-refractivity contribution in [3.8, 4) is 5.82 Å². The molecule has 0 fully saturated rings. The Balaban J connectivity index is 1.84. The minimum absolute atomic E-state index is 0.0421. The third-order valence-electron chi connectivity index (χ3n) is 3.04. The van der Waals surface area contributed by atoms with Crippen LogP contribution in [0.3, 0.4) is 0 Å². The quantitative estimate of drug-likeness (QED) is 0.574. The Bertz CT molecular complexity index is 913. The number of carbonyl (C=O) groups is 1. The van der Waals surface area contributed by atoms with Crippen molar-refractivity contribution in [2.75, 3.05) is 5.32 Å². The maximum absolute atomic E-state index is 12.2. The summed E-state index contributed by atoms with van der Waals surface area (Å²) in [5.74, 6) is 0.144. The van der Waals surface area contributed by atoms with Crippen LogP contribution in [-0.2, 0) is 0 Å². The van der Waals surface area contributed by atoms with Gasteiger partial charge in [0, 0.05) is 30.1 Å². The van der Waals surface area contributed by atoms with Crippen LogP contribution in [0.4, 0.5) is 11.5 Å². The van der Waals surface area contributed by atoms with E-state index in [9.17, 15) is 14.9 Å². The molecule has 0 aliphatic heterocycles. The third kappa shape index (κ3) is 3.20. The molecule has 0 unspecified atom stereocenters. The number of nitro groups is 1. The number of anilines is 1. The Morgan fingerprint density at radius 2 is 2.12 bits per heavy atom. The normalized spacial score (nSPS) is 10.4. The largest absolute Gasteiger partial charge is 0.306 e. The molecular weight excluding hydrogens is 336 g/mol. The van der Waals surface area contributed by atoms with Crippen molar-refractivity contribution in [1.29, 1.82) is 0 Å². The van der Waals surface area contributed by atoms with Crippen molar-refractivity contribution in [3.05, 3.63) is 69.8 Å². The number of aromatic nitrogens is 4. The predicted molar refractivity (Wildman–Crippen MR) is 85.2 cm³/mol. The van der Waals surface area contributed by atoms with E-state index in [1.807, 2.05) is 0 Å². The Hall–Kier alpha value is -3.33.